The molecular weight excluding hydrogens is 525 g/mol. The van der Waals surface area contributed by atoms with Gasteiger partial charge in [0.25, 0.3) is 0 Å². The van der Waals surface area contributed by atoms with E-state index in [-0.39, 0.29) is 36.1 Å². The van der Waals surface area contributed by atoms with Gasteiger partial charge in [0, 0.05) is 12.8 Å². The van der Waals surface area contributed by atoms with Crippen molar-refractivity contribution in [3.63, 3.8) is 0 Å². The highest BCUT2D eigenvalue weighted by molar-refractivity contribution is 7.12. The lowest BCUT2D eigenvalue weighted by Gasteiger charge is -2.64. The molecule has 5 unspecified atom stereocenters. The number of ether oxygens (including phenoxy) is 1. The highest BCUT2D eigenvalue weighted by Gasteiger charge is 2.68. The highest BCUT2D eigenvalue weighted by Crippen LogP contribution is 2.65. The van der Waals surface area contributed by atoms with Crippen molar-refractivity contribution in [3.05, 3.63) is 57.8 Å². The maximum atomic E-state index is 13.1. The molecule has 3 aliphatic carbocycles. The van der Waals surface area contributed by atoms with Crippen LogP contribution in [0.5, 0.6) is 0 Å². The van der Waals surface area contributed by atoms with Gasteiger partial charge in [-0.2, -0.15) is 0 Å². The van der Waals surface area contributed by atoms with Crippen LogP contribution in [0.1, 0.15) is 92.8 Å². The number of carbonyl (C=O) groups is 3. The molecule has 7 nitrogen and oxygen atoms in total. The molecule has 1 aliphatic heterocycles. The summed E-state index contributed by atoms with van der Waals surface area (Å²) in [5.41, 5.74) is 0.497. The molecule has 2 aromatic rings. The van der Waals surface area contributed by atoms with Gasteiger partial charge in [-0.1, -0.05) is 32.0 Å². The van der Waals surface area contributed by atoms with E-state index in [0.717, 1.165) is 18.4 Å². The number of amides is 1. The minimum absolute atomic E-state index is 0.0258. The van der Waals surface area contributed by atoms with E-state index in [1.807, 2.05) is 44.4 Å². The van der Waals surface area contributed by atoms with Gasteiger partial charge in [-0.25, -0.2) is 4.79 Å². The quantitative estimate of drug-likeness (QED) is 0.240. The van der Waals surface area contributed by atoms with Gasteiger partial charge in [-0.15, -0.1) is 11.3 Å². The van der Waals surface area contributed by atoms with Gasteiger partial charge in [0.05, 0.1) is 28.1 Å². The molecule has 1 amide bonds. The van der Waals surface area contributed by atoms with Crippen molar-refractivity contribution in [3.8, 4) is 0 Å². The first-order valence-electron chi connectivity index (χ1n) is 14.3. The second-order valence-corrected chi connectivity index (χ2v) is 14.3. The fraction of sp³-hybridized carbons (Fsp3) is 0.581. The van der Waals surface area contributed by atoms with Crippen LogP contribution in [0.25, 0.3) is 0 Å². The summed E-state index contributed by atoms with van der Waals surface area (Å²) in [7, 11) is -0.632. The zero-order valence-electron chi connectivity index (χ0n) is 24.3. The Kier molecular flexibility index (Phi) is 7.79. The predicted octanol–water partition coefficient (Wildman–Crippen LogP) is 5.66. The lowest BCUT2D eigenvalue weighted by atomic mass is 9.43. The Morgan fingerprint density at radius 1 is 1.12 bits per heavy atom. The Morgan fingerprint density at radius 3 is 2.58 bits per heavy atom. The largest absolute Gasteiger partial charge is 0.482 e. The topological polar surface area (TPSA) is 90.9 Å². The Hall–Kier alpha value is -2.49. The van der Waals surface area contributed by atoms with E-state index in [9.17, 15) is 14.4 Å². The van der Waals surface area contributed by atoms with Crippen LogP contribution in [0, 0.1) is 17.3 Å². The van der Waals surface area contributed by atoms with Crippen molar-refractivity contribution >= 4 is 36.1 Å². The van der Waals surface area contributed by atoms with Crippen molar-refractivity contribution in [2.24, 2.45) is 17.3 Å². The molecule has 1 N–H and O–H groups in total. The maximum absolute atomic E-state index is 13.1. The smallest absolute Gasteiger partial charge is 0.456 e. The number of ketones is 1. The number of hydrogen-bond donors (Lipinski definition) is 1. The van der Waals surface area contributed by atoms with Gasteiger partial charge in [-0.05, 0) is 93.4 Å². The zero-order valence-corrected chi connectivity index (χ0v) is 25.1. The van der Waals surface area contributed by atoms with Crippen molar-refractivity contribution in [2.75, 3.05) is 0 Å². The number of esters is 1. The molecule has 0 radical (unpaired) electrons. The van der Waals surface area contributed by atoms with Crippen LogP contribution >= 0.6 is 11.3 Å². The van der Waals surface area contributed by atoms with Crippen LogP contribution in [0.2, 0.25) is 0 Å². The lowest BCUT2D eigenvalue weighted by molar-refractivity contribution is -0.199. The molecule has 0 spiro atoms. The molecule has 5 atom stereocenters. The maximum Gasteiger partial charge on any atom is 0.482 e. The Labute approximate surface area is 241 Å². The fourth-order valence-corrected chi connectivity index (χ4v) is 7.46. The number of Topliss-reactive ketones (excluding diaryl/α,β-unsaturated/α-hetero) is 1. The third-order valence-corrected chi connectivity index (χ3v) is 9.95. The first-order chi connectivity index (χ1) is 18.8. The second-order valence-electron chi connectivity index (χ2n) is 13.3. The third kappa shape index (κ3) is 5.79. The van der Waals surface area contributed by atoms with Crippen LogP contribution in [0.3, 0.4) is 0 Å². The molecular formula is C31H40BNO6S. The lowest BCUT2D eigenvalue weighted by Crippen LogP contribution is -2.65. The summed E-state index contributed by atoms with van der Waals surface area (Å²) in [5.74, 6) is -0.142. The molecule has 4 aliphatic rings. The summed E-state index contributed by atoms with van der Waals surface area (Å²) < 4.78 is 18.8. The number of benzene rings is 1. The van der Waals surface area contributed by atoms with E-state index in [0.29, 0.717) is 28.7 Å². The van der Waals surface area contributed by atoms with Gasteiger partial charge in [0.2, 0.25) is 5.91 Å². The number of nitrogens with one attached hydrogen (secondary N) is 1. The average molecular weight is 566 g/mol. The standard InChI is InChI=1S/C31H40BNO6S/c1-29(2,3)37-28(36)20-10-7-9-19(15-20)16-26(33-27(35)13-12-22(34)23-11-8-14-40-23)32-38-25-18-21-17-24(30(21,4)5)31(25,6)39-32/h7-11,14-15,21,24-26H,12-13,16-18H2,1-6H3,(H,33,35). The third-order valence-electron chi connectivity index (χ3n) is 9.04. The molecule has 2 bridgehead atoms. The average Bonchev–Trinajstić information content (AvgIpc) is 3.53. The van der Waals surface area contributed by atoms with Gasteiger partial charge >= 0.3 is 13.1 Å². The summed E-state index contributed by atoms with van der Waals surface area (Å²) in [6.07, 6.45) is 2.68. The van der Waals surface area contributed by atoms with Gasteiger partial charge < -0.3 is 19.4 Å². The van der Waals surface area contributed by atoms with Crippen LogP contribution in [0.4, 0.5) is 0 Å². The predicted molar refractivity (Wildman–Crippen MR) is 155 cm³/mol. The number of carbonyl (C=O) groups excluding carboxylic acids is 3. The molecule has 2 heterocycles. The molecule has 1 aromatic carbocycles. The molecule has 4 fully saturated rings. The van der Waals surface area contributed by atoms with Crippen molar-refractivity contribution in [1.29, 1.82) is 0 Å². The Balaban J connectivity index is 1.32. The van der Waals surface area contributed by atoms with E-state index in [4.69, 9.17) is 14.0 Å². The molecule has 214 valence electrons. The molecule has 9 heteroatoms. The minimum atomic E-state index is -0.632. The Bertz CT molecular complexity index is 1270. The number of thiophene rings is 1. The van der Waals surface area contributed by atoms with Crippen LogP contribution < -0.4 is 5.32 Å². The fourth-order valence-electron chi connectivity index (χ4n) is 6.77. The Morgan fingerprint density at radius 2 is 1.90 bits per heavy atom. The van der Waals surface area contributed by atoms with E-state index in [1.54, 1.807) is 18.2 Å². The van der Waals surface area contributed by atoms with Gasteiger partial charge in [0.15, 0.2) is 5.78 Å². The van der Waals surface area contributed by atoms with Crippen LogP contribution in [-0.4, -0.2) is 48.0 Å². The van der Waals surface area contributed by atoms with E-state index >= 15 is 0 Å². The molecule has 3 saturated carbocycles. The summed E-state index contributed by atoms with van der Waals surface area (Å²) in [6, 6.07) is 10.9. The zero-order chi connectivity index (χ0) is 28.9. The monoisotopic (exact) mass is 565 g/mol. The molecule has 6 rings (SSSR count). The van der Waals surface area contributed by atoms with Gasteiger partial charge in [0.1, 0.15) is 5.60 Å². The van der Waals surface area contributed by atoms with E-state index < -0.39 is 30.2 Å². The summed E-state index contributed by atoms with van der Waals surface area (Å²) in [4.78, 5) is 39.0. The van der Waals surface area contributed by atoms with Crippen molar-refractivity contribution in [1.82, 2.24) is 5.32 Å². The summed E-state index contributed by atoms with van der Waals surface area (Å²) >= 11 is 1.38. The SMILES string of the molecule is CC(C)(C)OC(=O)c1cccc(CC(NC(=O)CCC(=O)c2cccs2)B2OC3CC4CC(C4(C)C)C3(C)O2)c1. The first-order valence-corrected chi connectivity index (χ1v) is 15.2. The molecule has 1 aromatic heterocycles. The minimum Gasteiger partial charge on any atom is -0.456 e. The normalized spacial score (nSPS) is 27.4. The van der Waals surface area contributed by atoms with Crippen LogP contribution in [0.15, 0.2) is 41.8 Å². The highest BCUT2D eigenvalue weighted by atomic mass is 32.1. The number of hydrogen-bond acceptors (Lipinski definition) is 7. The molecule has 40 heavy (non-hydrogen) atoms. The van der Waals surface area contributed by atoms with Crippen LogP contribution in [-0.2, 0) is 25.3 Å². The second kappa shape index (κ2) is 10.7. The van der Waals surface area contributed by atoms with Gasteiger partial charge in [-0.3, -0.25) is 9.59 Å². The molecule has 1 saturated heterocycles. The van der Waals surface area contributed by atoms with Crippen molar-refractivity contribution in [2.45, 2.75) is 96.9 Å². The van der Waals surface area contributed by atoms with E-state index in [1.165, 1.54) is 11.3 Å². The summed E-state index contributed by atoms with van der Waals surface area (Å²) in [6.45, 7) is 12.3. The first kappa shape index (κ1) is 29.0. The van der Waals surface area contributed by atoms with E-state index in [2.05, 4.69) is 26.1 Å². The number of rotatable bonds is 9. The van der Waals surface area contributed by atoms with Crippen molar-refractivity contribution < 1.29 is 28.4 Å². The summed E-state index contributed by atoms with van der Waals surface area (Å²) in [5, 5.41) is 4.97.